The van der Waals surface area contributed by atoms with Crippen molar-refractivity contribution in [2.45, 2.75) is 38.8 Å². The van der Waals surface area contributed by atoms with Crippen molar-refractivity contribution in [2.24, 2.45) is 5.73 Å². The molecule has 1 fully saturated rings. The molecule has 0 bridgehead atoms. The predicted molar refractivity (Wildman–Crippen MR) is 126 cm³/mol. The fraction of sp³-hybridized carbons (Fsp3) is 0.320. The van der Waals surface area contributed by atoms with Gasteiger partial charge in [-0.3, -0.25) is 4.79 Å². The fourth-order valence-corrected chi connectivity index (χ4v) is 4.85. The number of piperidine rings is 1. The third kappa shape index (κ3) is 4.31. The van der Waals surface area contributed by atoms with Gasteiger partial charge in [0.05, 0.1) is 18.8 Å². The number of fused-ring (bicyclic) bond motifs is 2. The van der Waals surface area contributed by atoms with Crippen LogP contribution >= 0.6 is 0 Å². The van der Waals surface area contributed by atoms with E-state index in [-0.39, 0.29) is 12.5 Å². The Morgan fingerprint density at radius 3 is 2.80 bits per heavy atom. The van der Waals surface area contributed by atoms with E-state index in [1.54, 1.807) is 27.8 Å². The number of nitrogens with zero attached hydrogens (tertiary/aromatic N) is 4. The third-order valence-electron chi connectivity index (χ3n) is 6.43. The predicted octanol–water partition coefficient (Wildman–Crippen LogP) is 4.23. The minimum Gasteiger partial charge on any atom is -0.445 e. The van der Waals surface area contributed by atoms with Gasteiger partial charge in [0, 0.05) is 34.9 Å². The number of amides is 2. The van der Waals surface area contributed by atoms with Crippen LogP contribution < -0.4 is 5.73 Å². The van der Waals surface area contributed by atoms with Crippen molar-refractivity contribution in [3.63, 3.8) is 0 Å². The van der Waals surface area contributed by atoms with Crippen LogP contribution in [0.25, 0.3) is 27.9 Å². The Balaban J connectivity index is 1.50. The van der Waals surface area contributed by atoms with Gasteiger partial charge in [-0.1, -0.05) is 18.2 Å². The minimum absolute atomic E-state index is 0.195. The van der Waals surface area contributed by atoms with Crippen molar-refractivity contribution in [3.05, 3.63) is 59.9 Å². The maximum absolute atomic E-state index is 13.4. The fourth-order valence-electron chi connectivity index (χ4n) is 4.85. The van der Waals surface area contributed by atoms with Crippen LogP contribution in [0.15, 0.2) is 48.7 Å². The van der Waals surface area contributed by atoms with Gasteiger partial charge in [0.2, 0.25) is 0 Å². The number of carbonyl (C=O) groups is 2. The zero-order valence-electron chi connectivity index (χ0n) is 19.2. The lowest BCUT2D eigenvalue weighted by Crippen LogP contribution is -2.44. The molecule has 0 radical (unpaired) electrons. The van der Waals surface area contributed by atoms with Gasteiger partial charge in [-0.15, -0.1) is 0 Å². The average Bonchev–Trinajstić information content (AvgIpc) is 3.35. The van der Waals surface area contributed by atoms with Crippen LogP contribution in [0, 0.1) is 6.92 Å². The molecule has 1 atom stereocenters. The zero-order valence-corrected chi connectivity index (χ0v) is 19.2. The van der Waals surface area contributed by atoms with E-state index in [2.05, 4.69) is 0 Å². The molecule has 1 unspecified atom stereocenters. The monoisotopic (exact) mass is 481 g/mol. The summed E-state index contributed by atoms with van der Waals surface area (Å²) in [5.74, 6) is -0.195. The molecule has 0 aliphatic carbocycles. The minimum atomic E-state index is -2.52. The summed E-state index contributed by atoms with van der Waals surface area (Å²) < 4.78 is 35.4. The van der Waals surface area contributed by atoms with E-state index >= 15 is 0 Å². The Morgan fingerprint density at radius 2 is 2.03 bits per heavy atom. The summed E-state index contributed by atoms with van der Waals surface area (Å²) in [4.78, 5) is 30.6. The normalized spacial score (nSPS) is 16.3. The van der Waals surface area contributed by atoms with Crippen molar-refractivity contribution in [1.82, 2.24) is 18.9 Å². The number of benzene rings is 1. The summed E-state index contributed by atoms with van der Waals surface area (Å²) in [6.07, 6.45) is -0.677. The van der Waals surface area contributed by atoms with Crippen molar-refractivity contribution in [1.29, 1.82) is 0 Å². The summed E-state index contributed by atoms with van der Waals surface area (Å²) in [6.45, 7) is 2.26. The molecule has 1 aromatic carbocycles. The number of likely N-dealkylation sites (tertiary alicyclic amines) is 1. The average molecular weight is 482 g/mol. The lowest BCUT2D eigenvalue weighted by Gasteiger charge is -2.32. The standard InChI is InChI=1S/C25H25F2N5O3/c1-15-23(20-11-16-5-2-3-7-19(16)32(20)14-21(26)27)29-22-12-17(8-10-31(15)22)24(33)30-9-4-6-18(13-30)35-25(28)34/h2-3,5,7-8,10-12,18,21H,4,6,9,13-14H2,1H3,(H2,28,34). The largest absolute Gasteiger partial charge is 0.445 e. The molecule has 4 aromatic rings. The molecule has 5 rings (SSSR count). The number of pyridine rings is 1. The summed E-state index contributed by atoms with van der Waals surface area (Å²) in [5, 5.41) is 0.855. The molecular formula is C25H25F2N5O3. The second kappa shape index (κ2) is 9.01. The topological polar surface area (TPSA) is 94.9 Å². The first-order chi connectivity index (χ1) is 16.8. The molecule has 1 aliphatic rings. The maximum Gasteiger partial charge on any atom is 0.404 e. The highest BCUT2D eigenvalue weighted by atomic mass is 19.3. The molecule has 4 heterocycles. The molecule has 10 heteroatoms. The van der Waals surface area contributed by atoms with Crippen LogP contribution in [0.2, 0.25) is 0 Å². The highest BCUT2D eigenvalue weighted by Crippen LogP contribution is 2.31. The molecule has 0 spiro atoms. The first-order valence-corrected chi connectivity index (χ1v) is 11.4. The Morgan fingerprint density at radius 1 is 1.23 bits per heavy atom. The SMILES string of the molecule is Cc1c(-c2cc3ccccc3n2CC(F)F)nc2cc(C(=O)N3CCCC(OC(N)=O)C3)ccn12. The molecule has 2 amide bonds. The number of hydrogen-bond acceptors (Lipinski definition) is 4. The number of para-hydroxylation sites is 1. The Hall–Kier alpha value is -3.95. The second-order valence-corrected chi connectivity index (χ2v) is 8.73. The van der Waals surface area contributed by atoms with Gasteiger partial charge in [-0.2, -0.15) is 0 Å². The van der Waals surface area contributed by atoms with Crippen LogP contribution in [0.5, 0.6) is 0 Å². The molecule has 8 nitrogen and oxygen atoms in total. The Kier molecular flexibility index (Phi) is 5.88. The van der Waals surface area contributed by atoms with E-state index in [9.17, 15) is 18.4 Å². The third-order valence-corrected chi connectivity index (χ3v) is 6.43. The van der Waals surface area contributed by atoms with Crippen molar-refractivity contribution in [2.75, 3.05) is 13.1 Å². The van der Waals surface area contributed by atoms with Crippen LogP contribution in [0.3, 0.4) is 0 Å². The van der Waals surface area contributed by atoms with E-state index in [0.717, 1.165) is 11.1 Å². The number of aryl methyl sites for hydroxylation is 1. The molecule has 2 N–H and O–H groups in total. The smallest absolute Gasteiger partial charge is 0.404 e. The number of aromatic nitrogens is 3. The summed E-state index contributed by atoms with van der Waals surface area (Å²) in [7, 11) is 0. The van der Waals surface area contributed by atoms with Gasteiger partial charge < -0.3 is 24.3 Å². The van der Waals surface area contributed by atoms with E-state index < -0.39 is 25.2 Å². The first-order valence-electron chi connectivity index (χ1n) is 11.4. The van der Waals surface area contributed by atoms with E-state index in [1.807, 2.05) is 41.7 Å². The summed E-state index contributed by atoms with van der Waals surface area (Å²) in [6, 6.07) is 12.7. The van der Waals surface area contributed by atoms with Crippen LogP contribution in [0.4, 0.5) is 13.6 Å². The number of alkyl halides is 2. The number of primary amides is 1. The Labute approximate surface area is 199 Å². The highest BCUT2D eigenvalue weighted by molar-refractivity contribution is 5.95. The molecule has 1 aliphatic heterocycles. The molecule has 182 valence electrons. The van der Waals surface area contributed by atoms with Gasteiger partial charge in [0.1, 0.15) is 17.4 Å². The lowest BCUT2D eigenvalue weighted by atomic mass is 10.1. The number of rotatable bonds is 5. The van der Waals surface area contributed by atoms with Crippen molar-refractivity contribution >= 4 is 28.6 Å². The van der Waals surface area contributed by atoms with Crippen LogP contribution in [-0.4, -0.2) is 56.5 Å². The quantitative estimate of drug-likeness (QED) is 0.462. The molecule has 35 heavy (non-hydrogen) atoms. The molecule has 3 aromatic heterocycles. The van der Waals surface area contributed by atoms with Crippen molar-refractivity contribution in [3.8, 4) is 11.4 Å². The molecule has 0 saturated carbocycles. The van der Waals surface area contributed by atoms with Crippen LogP contribution in [0.1, 0.15) is 28.9 Å². The first kappa shape index (κ1) is 22.8. The van der Waals surface area contributed by atoms with Crippen molar-refractivity contribution < 1.29 is 23.1 Å². The van der Waals surface area contributed by atoms with Crippen LogP contribution in [-0.2, 0) is 11.3 Å². The highest BCUT2D eigenvalue weighted by Gasteiger charge is 2.27. The summed E-state index contributed by atoms with van der Waals surface area (Å²) in [5.41, 5.74) is 8.79. The number of imidazole rings is 1. The number of nitrogens with two attached hydrogens (primary N) is 1. The van der Waals surface area contributed by atoms with Gasteiger partial charge in [-0.25, -0.2) is 18.6 Å². The van der Waals surface area contributed by atoms with Gasteiger partial charge in [0.15, 0.2) is 0 Å². The number of hydrogen-bond donors (Lipinski definition) is 1. The number of carbonyl (C=O) groups excluding carboxylic acids is 2. The van der Waals surface area contributed by atoms with E-state index in [1.165, 1.54) is 0 Å². The lowest BCUT2D eigenvalue weighted by molar-refractivity contribution is 0.0373. The maximum atomic E-state index is 13.4. The van der Waals surface area contributed by atoms with Gasteiger partial charge in [-0.05, 0) is 44.0 Å². The number of ether oxygens (including phenoxy) is 1. The second-order valence-electron chi connectivity index (χ2n) is 8.73. The molecule has 1 saturated heterocycles. The van der Waals surface area contributed by atoms with Gasteiger partial charge >= 0.3 is 6.09 Å². The zero-order chi connectivity index (χ0) is 24.7. The Bertz CT molecular complexity index is 1430. The number of halogens is 2. The van der Waals surface area contributed by atoms with E-state index in [0.29, 0.717) is 47.5 Å². The van der Waals surface area contributed by atoms with Gasteiger partial charge in [0.25, 0.3) is 12.3 Å². The molecular weight excluding hydrogens is 456 g/mol. The summed E-state index contributed by atoms with van der Waals surface area (Å²) >= 11 is 0. The van der Waals surface area contributed by atoms with E-state index in [4.69, 9.17) is 15.5 Å².